The number of aliphatic hydroxyl groups is 1. The average molecular weight is 1150 g/mol. The lowest BCUT2D eigenvalue weighted by Crippen LogP contribution is -2.30. The maximum absolute atomic E-state index is 13.0. The number of rotatable bonds is 63. The molecular formula is C68H125O11P. The Labute approximate surface area is 492 Å². The lowest BCUT2D eigenvalue weighted by atomic mass is 10.1. The van der Waals surface area contributed by atoms with Crippen LogP contribution in [0.3, 0.4) is 0 Å². The summed E-state index contributed by atoms with van der Waals surface area (Å²) in [7, 11) is -4.76. The summed E-state index contributed by atoms with van der Waals surface area (Å²) in [4.78, 5) is 48.8. The Morgan fingerprint density at radius 2 is 0.613 bits per heavy atom. The Morgan fingerprint density at radius 1 is 0.350 bits per heavy atom. The summed E-state index contributed by atoms with van der Waals surface area (Å²) in [6, 6.07) is 0. The van der Waals surface area contributed by atoms with Crippen molar-refractivity contribution in [1.82, 2.24) is 0 Å². The SMILES string of the molecule is CCCCC/C=C\C/C=C\CCCCCCCCCCCC(=O)OC(COC(=O)CCCCCCCCCCC/C=C\CCCCCCCC)COP(=O)(O)OCC(CO)OC(=O)CCCCCCC/C=C\CCCCCCCC. The highest BCUT2D eigenvalue weighted by molar-refractivity contribution is 7.47. The van der Waals surface area contributed by atoms with Gasteiger partial charge in [0.2, 0.25) is 0 Å². The van der Waals surface area contributed by atoms with Gasteiger partial charge in [-0.05, 0) is 103 Å². The summed E-state index contributed by atoms with van der Waals surface area (Å²) in [6.07, 6.45) is 69.1. The van der Waals surface area contributed by atoms with Gasteiger partial charge in [-0.25, -0.2) is 4.57 Å². The number of hydrogen-bond acceptors (Lipinski definition) is 10. The first kappa shape index (κ1) is 77.4. The zero-order valence-electron chi connectivity index (χ0n) is 52.1. The Kier molecular flexibility index (Phi) is 60.5. The van der Waals surface area contributed by atoms with Gasteiger partial charge >= 0.3 is 25.7 Å². The second-order valence-corrected chi connectivity index (χ2v) is 24.1. The third kappa shape index (κ3) is 60.0. The maximum Gasteiger partial charge on any atom is 0.472 e. The monoisotopic (exact) mass is 1150 g/mol. The van der Waals surface area contributed by atoms with Gasteiger partial charge in [0.05, 0.1) is 19.8 Å². The van der Waals surface area contributed by atoms with Crippen LogP contribution in [0.25, 0.3) is 0 Å². The van der Waals surface area contributed by atoms with Crippen LogP contribution < -0.4 is 0 Å². The Bertz CT molecular complexity index is 1530. The number of phosphoric ester groups is 1. The van der Waals surface area contributed by atoms with Gasteiger partial charge in [0.1, 0.15) is 12.7 Å². The van der Waals surface area contributed by atoms with Gasteiger partial charge in [-0.15, -0.1) is 0 Å². The van der Waals surface area contributed by atoms with Crippen molar-refractivity contribution in [3.05, 3.63) is 48.6 Å². The molecule has 12 heteroatoms. The molecule has 0 saturated carbocycles. The van der Waals surface area contributed by atoms with Gasteiger partial charge in [0.25, 0.3) is 0 Å². The molecule has 0 heterocycles. The minimum Gasteiger partial charge on any atom is -0.462 e. The van der Waals surface area contributed by atoms with Crippen LogP contribution in [0, 0.1) is 0 Å². The van der Waals surface area contributed by atoms with E-state index in [-0.39, 0.29) is 25.9 Å². The molecule has 0 aliphatic heterocycles. The van der Waals surface area contributed by atoms with Crippen molar-refractivity contribution in [3.63, 3.8) is 0 Å². The Morgan fingerprint density at radius 3 is 0.963 bits per heavy atom. The van der Waals surface area contributed by atoms with Crippen molar-refractivity contribution in [2.75, 3.05) is 26.4 Å². The first-order valence-electron chi connectivity index (χ1n) is 33.5. The summed E-state index contributed by atoms with van der Waals surface area (Å²) in [5.41, 5.74) is 0. The Balaban J connectivity index is 4.69. The second-order valence-electron chi connectivity index (χ2n) is 22.6. The van der Waals surface area contributed by atoms with Crippen molar-refractivity contribution < 1.29 is 52.2 Å². The number of unbranched alkanes of at least 4 members (excludes halogenated alkanes) is 38. The molecule has 0 aromatic heterocycles. The van der Waals surface area contributed by atoms with Crippen LogP contribution in [0.1, 0.15) is 329 Å². The van der Waals surface area contributed by atoms with Gasteiger partial charge in [0, 0.05) is 19.3 Å². The molecular weight excluding hydrogens is 1020 g/mol. The van der Waals surface area contributed by atoms with Crippen molar-refractivity contribution in [2.45, 2.75) is 341 Å². The van der Waals surface area contributed by atoms with E-state index in [0.717, 1.165) is 89.9 Å². The number of carbonyl (C=O) groups is 3. The number of aliphatic hydroxyl groups excluding tert-OH is 1. The first-order chi connectivity index (χ1) is 39.2. The van der Waals surface area contributed by atoms with Crippen LogP contribution in [0.15, 0.2) is 48.6 Å². The van der Waals surface area contributed by atoms with Gasteiger partial charge in [-0.1, -0.05) is 256 Å². The van der Waals surface area contributed by atoms with Crippen molar-refractivity contribution >= 4 is 25.7 Å². The minimum atomic E-state index is -4.76. The summed E-state index contributed by atoms with van der Waals surface area (Å²) >= 11 is 0. The van der Waals surface area contributed by atoms with Crippen molar-refractivity contribution in [1.29, 1.82) is 0 Å². The van der Waals surface area contributed by atoms with E-state index >= 15 is 0 Å². The molecule has 80 heavy (non-hydrogen) atoms. The number of carbonyl (C=O) groups excluding carboxylic acids is 3. The number of esters is 3. The highest BCUT2D eigenvalue weighted by atomic mass is 31.2. The predicted octanol–water partition coefficient (Wildman–Crippen LogP) is 20.5. The Hall–Kier alpha value is -2.56. The fourth-order valence-electron chi connectivity index (χ4n) is 9.55. The maximum atomic E-state index is 13.0. The van der Waals surface area contributed by atoms with Crippen molar-refractivity contribution in [2.24, 2.45) is 0 Å². The molecule has 0 fully saturated rings. The number of ether oxygens (including phenoxy) is 3. The van der Waals surface area contributed by atoms with Crippen LogP contribution in [0.4, 0.5) is 0 Å². The molecule has 0 aromatic rings. The lowest BCUT2D eigenvalue weighted by molar-refractivity contribution is -0.161. The molecule has 0 amide bonds. The molecule has 2 N–H and O–H groups in total. The molecule has 11 nitrogen and oxygen atoms in total. The fourth-order valence-corrected chi connectivity index (χ4v) is 10.3. The van der Waals surface area contributed by atoms with Gasteiger partial charge in [0.15, 0.2) is 6.10 Å². The molecule has 0 spiro atoms. The van der Waals surface area contributed by atoms with Crippen LogP contribution in [0.2, 0.25) is 0 Å². The van der Waals surface area contributed by atoms with E-state index in [9.17, 15) is 28.9 Å². The molecule has 468 valence electrons. The van der Waals surface area contributed by atoms with Crippen molar-refractivity contribution in [3.8, 4) is 0 Å². The molecule has 0 radical (unpaired) electrons. The largest absolute Gasteiger partial charge is 0.472 e. The zero-order chi connectivity index (χ0) is 58.3. The van der Waals surface area contributed by atoms with E-state index in [1.54, 1.807) is 0 Å². The van der Waals surface area contributed by atoms with Gasteiger partial charge < -0.3 is 24.2 Å². The molecule has 3 unspecified atom stereocenters. The number of phosphoric acid groups is 1. The molecule has 3 atom stereocenters. The van der Waals surface area contributed by atoms with E-state index in [4.69, 9.17) is 23.3 Å². The van der Waals surface area contributed by atoms with E-state index in [1.165, 1.54) is 180 Å². The van der Waals surface area contributed by atoms with E-state index in [0.29, 0.717) is 19.3 Å². The third-order valence-corrected chi connectivity index (χ3v) is 15.6. The molecule has 0 rings (SSSR count). The highest BCUT2D eigenvalue weighted by Gasteiger charge is 2.28. The summed E-state index contributed by atoms with van der Waals surface area (Å²) in [5, 5.41) is 9.85. The number of hydrogen-bond donors (Lipinski definition) is 2. The van der Waals surface area contributed by atoms with Crippen LogP contribution >= 0.6 is 7.82 Å². The summed E-state index contributed by atoms with van der Waals surface area (Å²) in [6.45, 7) is 4.66. The van der Waals surface area contributed by atoms with Crippen LogP contribution in [0.5, 0.6) is 0 Å². The standard InChI is InChI=1S/C68H125O11P/c1-4-7-10-13-16-19-22-25-28-30-32-34-37-39-42-45-48-51-54-57-66(70)75-61-65(79-68(72)59-56-53-50-47-44-41-38-35-33-31-29-26-23-20-17-14-11-8-5-2)63-77-80(73,74)76-62-64(60-69)78-67(71)58-55-52-49-46-43-40-36-27-24-21-18-15-12-9-6-3/h17,20,25-29,36,64-65,69H,4-16,18-19,21-24,30-35,37-63H2,1-3H3,(H,73,74)/b20-17-,28-25-,29-26-,36-27-. The molecule has 0 aromatic carbocycles. The second kappa shape index (κ2) is 62.5. The minimum absolute atomic E-state index is 0.164. The van der Waals surface area contributed by atoms with Crippen LogP contribution in [-0.2, 0) is 42.2 Å². The van der Waals surface area contributed by atoms with Gasteiger partial charge in [-0.2, -0.15) is 0 Å². The topological polar surface area (TPSA) is 155 Å². The highest BCUT2D eigenvalue weighted by Crippen LogP contribution is 2.43. The first-order valence-corrected chi connectivity index (χ1v) is 35.0. The third-order valence-electron chi connectivity index (χ3n) is 14.7. The predicted molar refractivity (Wildman–Crippen MR) is 335 cm³/mol. The molecule has 0 aliphatic carbocycles. The lowest BCUT2D eigenvalue weighted by Gasteiger charge is -2.21. The van der Waals surface area contributed by atoms with Crippen LogP contribution in [-0.4, -0.2) is 66.5 Å². The average Bonchev–Trinajstić information content (AvgIpc) is 3.45. The van der Waals surface area contributed by atoms with E-state index in [1.807, 2.05) is 0 Å². The van der Waals surface area contributed by atoms with Gasteiger partial charge in [-0.3, -0.25) is 23.4 Å². The zero-order valence-corrected chi connectivity index (χ0v) is 53.0. The summed E-state index contributed by atoms with van der Waals surface area (Å²) < 4.78 is 39.7. The number of allylic oxidation sites excluding steroid dienone is 8. The smallest absolute Gasteiger partial charge is 0.462 e. The quantitative estimate of drug-likeness (QED) is 0.0197. The normalized spacial score (nSPS) is 13.5. The molecule has 0 saturated heterocycles. The summed E-state index contributed by atoms with van der Waals surface area (Å²) in [5.74, 6) is -1.46. The molecule has 0 aliphatic rings. The fraction of sp³-hybridized carbons (Fsp3) is 0.838. The van der Waals surface area contributed by atoms with E-state index in [2.05, 4.69) is 69.4 Å². The molecule has 0 bridgehead atoms. The van der Waals surface area contributed by atoms with E-state index < -0.39 is 57.8 Å².